The normalized spacial score (nSPS) is 15.0. The Kier molecular flexibility index (Phi) is 10.7. The van der Waals surface area contributed by atoms with Crippen LogP contribution in [0, 0.1) is 0 Å². The van der Waals surface area contributed by atoms with Crippen LogP contribution >= 0.6 is 0 Å². The largest absolute Gasteiger partial charge is 0.302 e. The molecule has 1 amide bonds. The van der Waals surface area contributed by atoms with Crippen LogP contribution in [0.1, 0.15) is 71.2 Å². The first-order valence-electron chi connectivity index (χ1n) is 10.5. The van der Waals surface area contributed by atoms with Crippen LogP contribution in [-0.2, 0) is 25.9 Å². The number of likely N-dealkylation sites (N-methyl/N-ethyl adjacent to an activating group) is 2. The van der Waals surface area contributed by atoms with E-state index in [0.29, 0.717) is 12.0 Å². The molecule has 176 valence electrons. The number of hydrogen-bond acceptors (Lipinski definition) is 5. The molecule has 2 aliphatic heterocycles. The van der Waals surface area contributed by atoms with Gasteiger partial charge in [-0.25, -0.2) is 5.48 Å². The number of carbonyl (C=O) groups is 2. The Hall–Kier alpha value is -2.54. The second-order valence-electron chi connectivity index (χ2n) is 8.16. The lowest BCUT2D eigenvalue weighted by molar-refractivity contribution is 0.0706. The van der Waals surface area contributed by atoms with E-state index in [9.17, 15) is 9.59 Å². The molecule has 2 N–H and O–H groups in total. The van der Waals surface area contributed by atoms with E-state index in [1.807, 2.05) is 25.1 Å². The highest BCUT2D eigenvalue weighted by molar-refractivity contribution is 5.96. The molecule has 4 rings (SSSR count). The highest BCUT2D eigenvalue weighted by Gasteiger charge is 2.16. The lowest BCUT2D eigenvalue weighted by atomic mass is 9.96. The van der Waals surface area contributed by atoms with Crippen molar-refractivity contribution in [3.05, 3.63) is 69.8 Å². The maximum Gasteiger partial charge on any atom is 0.274 e. The SMILES string of the molecule is C.C.CCC(=O)c1ccc2c(c1)CN(C)CC2.CN1CCc2cc(C(=O)NO)ccc2C1. The van der Waals surface area contributed by atoms with Gasteiger partial charge in [0.1, 0.15) is 0 Å². The van der Waals surface area contributed by atoms with Crippen LogP contribution in [0.3, 0.4) is 0 Å². The van der Waals surface area contributed by atoms with Crippen LogP contribution in [0.4, 0.5) is 0 Å². The van der Waals surface area contributed by atoms with Gasteiger partial charge in [0.2, 0.25) is 0 Å². The van der Waals surface area contributed by atoms with Crippen LogP contribution in [0.25, 0.3) is 0 Å². The quantitative estimate of drug-likeness (QED) is 0.421. The van der Waals surface area contributed by atoms with Gasteiger partial charge in [0.05, 0.1) is 0 Å². The topological polar surface area (TPSA) is 72.9 Å². The number of rotatable bonds is 3. The fourth-order valence-corrected chi connectivity index (χ4v) is 3.98. The average Bonchev–Trinajstić information content (AvgIpc) is 2.77. The summed E-state index contributed by atoms with van der Waals surface area (Å²) in [7, 11) is 4.20. The molecular weight excluding hydrogens is 402 g/mol. The number of Topliss-reactive ketones (excluding diaryl/α,β-unsaturated/α-hetero) is 1. The monoisotopic (exact) mass is 441 g/mol. The number of carbonyl (C=O) groups excluding carboxylic acids is 2. The summed E-state index contributed by atoms with van der Waals surface area (Å²) in [5.41, 5.74) is 8.22. The standard InChI is InChI=1S/C13H17NO.C11H14N2O2.2CH4/c1-3-13(15)11-5-4-10-6-7-14(2)9-12(10)8-11;1-13-5-4-8-6-9(11(14)12-15)2-3-10(8)7-13;;/h4-5,8H,3,6-7,9H2,1-2H3;2-3,6,15H,4-5,7H2,1H3,(H,12,14);2*1H4. The minimum absolute atomic E-state index is 0. The summed E-state index contributed by atoms with van der Waals surface area (Å²) in [5.74, 6) is -0.206. The number of hydrogen-bond donors (Lipinski definition) is 2. The number of ketones is 1. The minimum Gasteiger partial charge on any atom is -0.302 e. The molecule has 32 heavy (non-hydrogen) atoms. The maximum absolute atomic E-state index is 11.6. The molecule has 6 heteroatoms. The van der Waals surface area contributed by atoms with Gasteiger partial charge in [0, 0.05) is 43.7 Å². The van der Waals surface area contributed by atoms with Gasteiger partial charge >= 0.3 is 0 Å². The Morgan fingerprint density at radius 1 is 0.844 bits per heavy atom. The van der Waals surface area contributed by atoms with E-state index >= 15 is 0 Å². The molecule has 0 spiro atoms. The van der Waals surface area contributed by atoms with Crippen LogP contribution in [0.2, 0.25) is 0 Å². The summed E-state index contributed by atoms with van der Waals surface area (Å²) in [4.78, 5) is 27.3. The molecule has 0 bridgehead atoms. The van der Waals surface area contributed by atoms with Crippen LogP contribution in [-0.4, -0.2) is 53.9 Å². The average molecular weight is 442 g/mol. The Morgan fingerprint density at radius 3 is 2.00 bits per heavy atom. The summed E-state index contributed by atoms with van der Waals surface area (Å²) >= 11 is 0. The zero-order valence-electron chi connectivity index (χ0n) is 18.1. The molecule has 0 aliphatic carbocycles. The molecule has 0 fully saturated rings. The molecule has 6 nitrogen and oxygen atoms in total. The summed E-state index contributed by atoms with van der Waals surface area (Å²) in [5, 5.41) is 8.53. The van der Waals surface area contributed by atoms with E-state index in [1.54, 1.807) is 11.5 Å². The zero-order chi connectivity index (χ0) is 21.7. The summed E-state index contributed by atoms with van der Waals surface area (Å²) < 4.78 is 0. The van der Waals surface area contributed by atoms with Gasteiger partial charge in [-0.05, 0) is 67.4 Å². The third-order valence-corrected chi connectivity index (χ3v) is 5.83. The van der Waals surface area contributed by atoms with Crippen molar-refractivity contribution in [2.45, 2.75) is 54.1 Å². The van der Waals surface area contributed by atoms with E-state index in [0.717, 1.165) is 44.6 Å². The van der Waals surface area contributed by atoms with Crippen molar-refractivity contribution in [1.82, 2.24) is 15.3 Å². The van der Waals surface area contributed by atoms with E-state index in [-0.39, 0.29) is 20.6 Å². The van der Waals surface area contributed by atoms with Crippen molar-refractivity contribution in [3.63, 3.8) is 0 Å². The molecule has 2 aromatic carbocycles. The fourth-order valence-electron chi connectivity index (χ4n) is 3.98. The molecule has 2 aliphatic rings. The number of nitrogens with one attached hydrogen (secondary N) is 1. The summed E-state index contributed by atoms with van der Waals surface area (Å²) in [6.45, 7) is 5.94. The molecule has 0 unspecified atom stereocenters. The number of amides is 1. The van der Waals surface area contributed by atoms with E-state index < -0.39 is 5.91 Å². The molecule has 0 atom stereocenters. The van der Waals surface area contributed by atoms with Gasteiger partial charge in [-0.2, -0.15) is 0 Å². The third-order valence-electron chi connectivity index (χ3n) is 5.83. The third kappa shape index (κ3) is 6.73. The number of fused-ring (bicyclic) bond motifs is 2. The smallest absolute Gasteiger partial charge is 0.274 e. The number of nitrogens with zero attached hydrogens (tertiary/aromatic N) is 2. The van der Waals surface area contributed by atoms with Gasteiger partial charge in [0.25, 0.3) is 5.91 Å². The molecule has 0 radical (unpaired) electrons. The van der Waals surface area contributed by atoms with Gasteiger partial charge < -0.3 is 9.80 Å². The Morgan fingerprint density at radius 2 is 1.38 bits per heavy atom. The highest BCUT2D eigenvalue weighted by Crippen LogP contribution is 2.20. The van der Waals surface area contributed by atoms with Crippen molar-refractivity contribution < 1.29 is 14.8 Å². The molecule has 0 saturated carbocycles. The molecule has 2 heterocycles. The second-order valence-corrected chi connectivity index (χ2v) is 8.16. The van der Waals surface area contributed by atoms with Gasteiger partial charge in [-0.3, -0.25) is 14.8 Å². The molecule has 2 aromatic rings. The number of benzene rings is 2. The molecular formula is C26H39N3O3. The zero-order valence-corrected chi connectivity index (χ0v) is 18.1. The summed E-state index contributed by atoms with van der Waals surface area (Å²) in [6.07, 6.45) is 2.65. The van der Waals surface area contributed by atoms with E-state index in [4.69, 9.17) is 5.21 Å². The van der Waals surface area contributed by atoms with Gasteiger partial charge in [0.15, 0.2) is 5.78 Å². The van der Waals surface area contributed by atoms with E-state index in [2.05, 4.69) is 36.0 Å². The van der Waals surface area contributed by atoms with Crippen LogP contribution < -0.4 is 5.48 Å². The second kappa shape index (κ2) is 12.5. The Labute approximate surface area is 193 Å². The Bertz CT molecular complexity index is 927. The predicted octanol–water partition coefficient (Wildman–Crippen LogP) is 4.33. The van der Waals surface area contributed by atoms with Crippen molar-refractivity contribution in [2.75, 3.05) is 27.2 Å². The van der Waals surface area contributed by atoms with Gasteiger partial charge in [-0.15, -0.1) is 0 Å². The molecule has 0 saturated heterocycles. The minimum atomic E-state index is -0.447. The first kappa shape index (κ1) is 27.5. The molecule has 0 aromatic heterocycles. The first-order chi connectivity index (χ1) is 14.4. The van der Waals surface area contributed by atoms with E-state index in [1.165, 1.54) is 22.3 Å². The predicted molar refractivity (Wildman–Crippen MR) is 130 cm³/mol. The lowest BCUT2D eigenvalue weighted by Gasteiger charge is -2.25. The number of hydroxylamine groups is 1. The summed E-state index contributed by atoms with van der Waals surface area (Å²) in [6, 6.07) is 11.7. The van der Waals surface area contributed by atoms with Gasteiger partial charge in [-0.1, -0.05) is 40.0 Å². The maximum atomic E-state index is 11.6. The van der Waals surface area contributed by atoms with Crippen molar-refractivity contribution in [1.29, 1.82) is 0 Å². The Balaban J connectivity index is 0.000000301. The highest BCUT2D eigenvalue weighted by atomic mass is 16.5. The van der Waals surface area contributed by atoms with Crippen LogP contribution in [0.15, 0.2) is 36.4 Å². The van der Waals surface area contributed by atoms with Crippen molar-refractivity contribution in [2.24, 2.45) is 0 Å². The van der Waals surface area contributed by atoms with Crippen molar-refractivity contribution in [3.8, 4) is 0 Å². The first-order valence-corrected chi connectivity index (χ1v) is 10.5. The lowest BCUT2D eigenvalue weighted by Crippen LogP contribution is -2.27. The fraction of sp³-hybridized carbons (Fsp3) is 0.462. The van der Waals surface area contributed by atoms with Crippen molar-refractivity contribution >= 4 is 11.7 Å². The van der Waals surface area contributed by atoms with Crippen LogP contribution in [0.5, 0.6) is 0 Å².